The summed E-state index contributed by atoms with van der Waals surface area (Å²) in [7, 11) is 1.69. The molecule has 0 saturated heterocycles. The second-order valence-electron chi connectivity index (χ2n) is 3.86. The lowest BCUT2D eigenvalue weighted by Crippen LogP contribution is -1.98. The second-order valence-corrected chi connectivity index (χ2v) is 4.65. The van der Waals surface area contributed by atoms with Gasteiger partial charge in [-0.15, -0.1) is 0 Å². The molecule has 0 radical (unpaired) electrons. The Kier molecular flexibility index (Phi) is 4.26. The molecule has 0 unspecified atom stereocenters. The molecule has 0 amide bonds. The number of hydrogen-bond donors (Lipinski definition) is 0. The normalized spacial score (nSPS) is 10.5. The molecule has 1 aromatic carbocycles. The fraction of sp³-hybridized carbons (Fsp3) is 0.286. The first kappa shape index (κ1) is 12.2. The molecule has 0 aliphatic heterocycles. The molecule has 0 N–H and O–H groups in total. The van der Waals surface area contributed by atoms with Crippen LogP contribution < -0.4 is 4.74 Å². The van der Waals surface area contributed by atoms with Gasteiger partial charge in [-0.1, -0.05) is 15.9 Å². The summed E-state index contributed by atoms with van der Waals surface area (Å²) in [5, 5.41) is 1.03. The topological polar surface area (TPSA) is 14.2 Å². The van der Waals surface area contributed by atoms with Gasteiger partial charge in [-0.2, -0.15) is 0 Å². The zero-order chi connectivity index (χ0) is 12.1. The third-order valence-electron chi connectivity index (χ3n) is 2.75. The molecule has 0 bridgehead atoms. The number of aromatic nitrogens is 1. The molecule has 0 saturated carbocycles. The van der Waals surface area contributed by atoms with Crippen molar-refractivity contribution in [3.8, 4) is 17.0 Å². The van der Waals surface area contributed by atoms with Crippen molar-refractivity contribution in [2.24, 2.45) is 0 Å². The number of methoxy groups -OCH3 is 1. The standard InChI is InChI=1S/C14H16BrNO/c1-17-13-7-5-12(6-8-13)14-4-2-10-16(14)11-3-9-15/h2,4-8,10H,3,9,11H2,1H3. The van der Waals surface area contributed by atoms with E-state index in [0.29, 0.717) is 0 Å². The van der Waals surface area contributed by atoms with Crippen molar-refractivity contribution in [1.29, 1.82) is 0 Å². The van der Waals surface area contributed by atoms with Gasteiger partial charge in [0.05, 0.1) is 7.11 Å². The Bertz CT molecular complexity index is 461. The van der Waals surface area contributed by atoms with E-state index < -0.39 is 0 Å². The van der Waals surface area contributed by atoms with Gasteiger partial charge in [-0.3, -0.25) is 0 Å². The molecule has 2 nitrogen and oxygen atoms in total. The predicted octanol–water partition coefficient (Wildman–Crippen LogP) is 3.95. The zero-order valence-corrected chi connectivity index (χ0v) is 11.5. The lowest BCUT2D eigenvalue weighted by Gasteiger charge is -2.09. The van der Waals surface area contributed by atoms with Crippen molar-refractivity contribution in [3.05, 3.63) is 42.6 Å². The fourth-order valence-electron chi connectivity index (χ4n) is 1.86. The van der Waals surface area contributed by atoms with Gasteiger partial charge in [0, 0.05) is 23.8 Å². The predicted molar refractivity (Wildman–Crippen MR) is 74.8 cm³/mol. The van der Waals surface area contributed by atoms with Gasteiger partial charge in [0.1, 0.15) is 5.75 Å². The Labute approximate surface area is 110 Å². The Morgan fingerprint density at radius 1 is 1.18 bits per heavy atom. The largest absolute Gasteiger partial charge is 0.497 e. The molecule has 1 aromatic heterocycles. The molecule has 2 rings (SSSR count). The van der Waals surface area contributed by atoms with Crippen LogP contribution in [0.2, 0.25) is 0 Å². The first-order valence-corrected chi connectivity index (χ1v) is 6.83. The molecule has 0 spiro atoms. The maximum atomic E-state index is 5.17. The number of aryl methyl sites for hydroxylation is 1. The highest BCUT2D eigenvalue weighted by molar-refractivity contribution is 9.09. The first-order valence-electron chi connectivity index (χ1n) is 5.70. The number of benzene rings is 1. The first-order chi connectivity index (χ1) is 8.35. The van der Waals surface area contributed by atoms with Crippen molar-refractivity contribution in [2.75, 3.05) is 12.4 Å². The van der Waals surface area contributed by atoms with Crippen LogP contribution in [0.4, 0.5) is 0 Å². The summed E-state index contributed by atoms with van der Waals surface area (Å²) in [6.45, 7) is 1.04. The quantitative estimate of drug-likeness (QED) is 0.762. The van der Waals surface area contributed by atoms with E-state index >= 15 is 0 Å². The number of ether oxygens (including phenoxy) is 1. The van der Waals surface area contributed by atoms with Crippen LogP contribution in [0.15, 0.2) is 42.6 Å². The Morgan fingerprint density at radius 3 is 2.59 bits per heavy atom. The number of alkyl halides is 1. The van der Waals surface area contributed by atoms with Crippen molar-refractivity contribution in [3.63, 3.8) is 0 Å². The third kappa shape index (κ3) is 2.91. The van der Waals surface area contributed by atoms with E-state index in [-0.39, 0.29) is 0 Å². The lowest BCUT2D eigenvalue weighted by molar-refractivity contribution is 0.415. The molecule has 2 aromatic rings. The zero-order valence-electron chi connectivity index (χ0n) is 9.90. The van der Waals surface area contributed by atoms with Gasteiger partial charge in [-0.05, 0) is 48.4 Å². The average Bonchev–Trinajstić information content (AvgIpc) is 2.84. The van der Waals surface area contributed by atoms with Crippen molar-refractivity contribution in [1.82, 2.24) is 4.57 Å². The van der Waals surface area contributed by atoms with E-state index in [2.05, 4.69) is 51.0 Å². The van der Waals surface area contributed by atoms with Gasteiger partial charge in [0.2, 0.25) is 0 Å². The SMILES string of the molecule is COc1ccc(-c2cccn2CCCBr)cc1. The van der Waals surface area contributed by atoms with E-state index in [4.69, 9.17) is 4.74 Å². The van der Waals surface area contributed by atoms with E-state index in [1.807, 2.05) is 12.1 Å². The van der Waals surface area contributed by atoms with E-state index in [0.717, 1.165) is 24.0 Å². The van der Waals surface area contributed by atoms with E-state index in [1.165, 1.54) is 11.3 Å². The van der Waals surface area contributed by atoms with Crippen LogP contribution >= 0.6 is 15.9 Å². The van der Waals surface area contributed by atoms with Crippen LogP contribution in [-0.2, 0) is 6.54 Å². The number of halogens is 1. The minimum atomic E-state index is 0.896. The lowest BCUT2D eigenvalue weighted by atomic mass is 10.1. The Morgan fingerprint density at radius 2 is 1.94 bits per heavy atom. The van der Waals surface area contributed by atoms with E-state index in [9.17, 15) is 0 Å². The molecule has 0 atom stereocenters. The highest BCUT2D eigenvalue weighted by Gasteiger charge is 2.03. The second kappa shape index (κ2) is 5.92. The molecule has 0 fully saturated rings. The highest BCUT2D eigenvalue weighted by Crippen LogP contribution is 2.23. The Hall–Kier alpha value is -1.22. The van der Waals surface area contributed by atoms with Crippen LogP contribution in [-0.4, -0.2) is 17.0 Å². The monoisotopic (exact) mass is 293 g/mol. The van der Waals surface area contributed by atoms with Gasteiger partial charge >= 0.3 is 0 Å². The van der Waals surface area contributed by atoms with Crippen LogP contribution in [0.3, 0.4) is 0 Å². The van der Waals surface area contributed by atoms with Crippen LogP contribution in [0.1, 0.15) is 6.42 Å². The van der Waals surface area contributed by atoms with Gasteiger partial charge in [-0.25, -0.2) is 0 Å². The summed E-state index contributed by atoms with van der Waals surface area (Å²) in [6, 6.07) is 12.4. The van der Waals surface area contributed by atoms with Crippen molar-refractivity contribution >= 4 is 15.9 Å². The smallest absolute Gasteiger partial charge is 0.118 e. The molecule has 1 heterocycles. The molecule has 17 heavy (non-hydrogen) atoms. The molecule has 3 heteroatoms. The van der Waals surface area contributed by atoms with Crippen molar-refractivity contribution in [2.45, 2.75) is 13.0 Å². The van der Waals surface area contributed by atoms with Gasteiger partial charge in [0.15, 0.2) is 0 Å². The number of hydrogen-bond acceptors (Lipinski definition) is 1. The maximum Gasteiger partial charge on any atom is 0.118 e. The number of nitrogens with zero attached hydrogens (tertiary/aromatic N) is 1. The van der Waals surface area contributed by atoms with Crippen LogP contribution in [0.25, 0.3) is 11.3 Å². The summed E-state index contributed by atoms with van der Waals surface area (Å²) in [6.07, 6.45) is 3.26. The molecular formula is C14H16BrNO. The summed E-state index contributed by atoms with van der Waals surface area (Å²) < 4.78 is 7.45. The summed E-state index contributed by atoms with van der Waals surface area (Å²) in [5.74, 6) is 0.896. The van der Waals surface area contributed by atoms with Crippen LogP contribution in [0.5, 0.6) is 5.75 Å². The maximum absolute atomic E-state index is 5.17. The van der Waals surface area contributed by atoms with Crippen molar-refractivity contribution < 1.29 is 4.74 Å². The van der Waals surface area contributed by atoms with Crippen LogP contribution in [0, 0.1) is 0 Å². The molecule has 0 aliphatic carbocycles. The highest BCUT2D eigenvalue weighted by atomic mass is 79.9. The fourth-order valence-corrected chi connectivity index (χ4v) is 2.11. The summed E-state index contributed by atoms with van der Waals surface area (Å²) in [4.78, 5) is 0. The Balaban J connectivity index is 2.23. The summed E-state index contributed by atoms with van der Waals surface area (Å²) >= 11 is 3.46. The third-order valence-corrected chi connectivity index (χ3v) is 3.31. The minimum Gasteiger partial charge on any atom is -0.497 e. The molecule has 90 valence electrons. The molecular weight excluding hydrogens is 278 g/mol. The van der Waals surface area contributed by atoms with Gasteiger partial charge < -0.3 is 9.30 Å². The summed E-state index contributed by atoms with van der Waals surface area (Å²) in [5.41, 5.74) is 2.49. The molecule has 0 aliphatic rings. The minimum absolute atomic E-state index is 0.896. The van der Waals surface area contributed by atoms with Gasteiger partial charge in [0.25, 0.3) is 0 Å². The van der Waals surface area contributed by atoms with E-state index in [1.54, 1.807) is 7.11 Å². The average molecular weight is 294 g/mol. The number of rotatable bonds is 5.